The maximum Gasteiger partial charge on any atom is 0.155 e. The Morgan fingerprint density at radius 1 is 1.17 bits per heavy atom. The number of carbonyl (C=O) groups is 1. The van der Waals surface area contributed by atoms with Gasteiger partial charge in [0.05, 0.1) is 0 Å². The summed E-state index contributed by atoms with van der Waals surface area (Å²) < 4.78 is 10.3. The van der Waals surface area contributed by atoms with E-state index in [2.05, 4.69) is 6.92 Å². The van der Waals surface area contributed by atoms with Gasteiger partial charge >= 0.3 is 0 Å². The van der Waals surface area contributed by atoms with Gasteiger partial charge in [0.25, 0.3) is 0 Å². The molecule has 0 saturated heterocycles. The largest absolute Gasteiger partial charge is 0.381 e. The molecule has 3 nitrogen and oxygen atoms in total. The zero-order chi connectivity index (χ0) is 9.23. The molecule has 0 atom stereocenters. The fraction of sp³-hybridized carbons (Fsp3) is 0.889. The molecular formula is C9H18O3. The first-order chi connectivity index (χ1) is 5.77. The van der Waals surface area contributed by atoms with E-state index in [1.54, 1.807) is 0 Å². The third kappa shape index (κ3) is 9.59. The molecule has 0 aliphatic heterocycles. The number of ether oxygens (including phenoxy) is 2. The SMILES string of the molecule is CCCOCCCOCC(C)=O. The fourth-order valence-electron chi connectivity index (χ4n) is 0.725. The molecule has 0 aromatic heterocycles. The summed E-state index contributed by atoms with van der Waals surface area (Å²) in [5.74, 6) is 0.0736. The van der Waals surface area contributed by atoms with E-state index in [0.717, 1.165) is 26.1 Å². The number of hydrogen-bond acceptors (Lipinski definition) is 3. The molecule has 0 aromatic rings. The van der Waals surface area contributed by atoms with E-state index in [9.17, 15) is 4.79 Å². The zero-order valence-electron chi connectivity index (χ0n) is 7.97. The normalized spacial score (nSPS) is 10.2. The van der Waals surface area contributed by atoms with Gasteiger partial charge in [0.1, 0.15) is 6.61 Å². The summed E-state index contributed by atoms with van der Waals surface area (Å²) in [5, 5.41) is 0. The van der Waals surface area contributed by atoms with Crippen LogP contribution < -0.4 is 0 Å². The number of Topliss-reactive ketones (excluding diaryl/α,β-unsaturated/α-hetero) is 1. The van der Waals surface area contributed by atoms with Gasteiger partial charge in [-0.2, -0.15) is 0 Å². The van der Waals surface area contributed by atoms with E-state index in [4.69, 9.17) is 9.47 Å². The molecule has 12 heavy (non-hydrogen) atoms. The number of rotatable bonds is 8. The minimum Gasteiger partial charge on any atom is -0.381 e. The van der Waals surface area contributed by atoms with Crippen molar-refractivity contribution in [1.29, 1.82) is 0 Å². The molecule has 0 N–H and O–H groups in total. The number of hydrogen-bond donors (Lipinski definition) is 0. The van der Waals surface area contributed by atoms with Crippen molar-refractivity contribution in [3.63, 3.8) is 0 Å². The molecule has 3 heteroatoms. The lowest BCUT2D eigenvalue weighted by Crippen LogP contribution is -2.07. The first kappa shape index (κ1) is 11.6. The Labute approximate surface area is 74.0 Å². The zero-order valence-corrected chi connectivity index (χ0v) is 7.97. The summed E-state index contributed by atoms with van der Waals surface area (Å²) in [7, 11) is 0. The molecule has 0 aliphatic carbocycles. The van der Waals surface area contributed by atoms with Gasteiger partial charge < -0.3 is 9.47 Å². The lowest BCUT2D eigenvalue weighted by Gasteiger charge is -2.02. The third-order valence-electron chi connectivity index (χ3n) is 1.23. The topological polar surface area (TPSA) is 35.5 Å². The van der Waals surface area contributed by atoms with Gasteiger partial charge in [-0.25, -0.2) is 0 Å². The maximum atomic E-state index is 10.4. The molecule has 0 rings (SSSR count). The molecule has 0 fully saturated rings. The van der Waals surface area contributed by atoms with Crippen LogP contribution in [0.25, 0.3) is 0 Å². The van der Waals surface area contributed by atoms with Crippen molar-refractivity contribution in [3.05, 3.63) is 0 Å². The summed E-state index contributed by atoms with van der Waals surface area (Å²) in [6.07, 6.45) is 1.92. The Morgan fingerprint density at radius 2 is 1.83 bits per heavy atom. The van der Waals surface area contributed by atoms with Crippen LogP contribution >= 0.6 is 0 Å². The van der Waals surface area contributed by atoms with Crippen molar-refractivity contribution in [2.75, 3.05) is 26.4 Å². The smallest absolute Gasteiger partial charge is 0.155 e. The van der Waals surface area contributed by atoms with E-state index < -0.39 is 0 Å². The molecule has 0 radical (unpaired) electrons. The Kier molecular flexibility index (Phi) is 8.39. The van der Waals surface area contributed by atoms with Crippen LogP contribution in [0.5, 0.6) is 0 Å². The van der Waals surface area contributed by atoms with Crippen molar-refractivity contribution in [1.82, 2.24) is 0 Å². The van der Waals surface area contributed by atoms with Crippen LogP contribution in [0.4, 0.5) is 0 Å². The van der Waals surface area contributed by atoms with Gasteiger partial charge in [-0.15, -0.1) is 0 Å². The third-order valence-corrected chi connectivity index (χ3v) is 1.23. The van der Waals surface area contributed by atoms with Gasteiger partial charge in [-0.3, -0.25) is 4.79 Å². The van der Waals surface area contributed by atoms with Gasteiger partial charge in [0.15, 0.2) is 5.78 Å². The van der Waals surface area contributed by atoms with Crippen LogP contribution in [0.2, 0.25) is 0 Å². The number of carbonyl (C=O) groups excluding carboxylic acids is 1. The fourth-order valence-corrected chi connectivity index (χ4v) is 0.725. The highest BCUT2D eigenvalue weighted by Crippen LogP contribution is 1.87. The van der Waals surface area contributed by atoms with Crippen LogP contribution in [-0.2, 0) is 14.3 Å². The molecular weight excluding hydrogens is 156 g/mol. The first-order valence-corrected chi connectivity index (χ1v) is 4.42. The van der Waals surface area contributed by atoms with E-state index in [-0.39, 0.29) is 12.4 Å². The molecule has 0 bridgehead atoms. The summed E-state index contributed by atoms with van der Waals surface area (Å²) in [5.41, 5.74) is 0. The lowest BCUT2D eigenvalue weighted by molar-refractivity contribution is -0.121. The summed E-state index contributed by atoms with van der Waals surface area (Å²) >= 11 is 0. The minimum absolute atomic E-state index is 0.0736. The van der Waals surface area contributed by atoms with E-state index >= 15 is 0 Å². The Hall–Kier alpha value is -0.410. The van der Waals surface area contributed by atoms with Crippen LogP contribution in [0, 0.1) is 0 Å². The predicted molar refractivity (Wildman–Crippen MR) is 47.2 cm³/mol. The molecule has 0 spiro atoms. The summed E-state index contributed by atoms with van der Waals surface area (Å²) in [6, 6.07) is 0. The van der Waals surface area contributed by atoms with Crippen molar-refractivity contribution in [2.45, 2.75) is 26.7 Å². The Morgan fingerprint density at radius 3 is 2.42 bits per heavy atom. The summed E-state index contributed by atoms with van der Waals surface area (Å²) in [4.78, 5) is 10.4. The Bertz CT molecular complexity index is 112. The molecule has 0 amide bonds. The molecule has 0 heterocycles. The standard InChI is InChI=1S/C9H18O3/c1-3-5-11-6-4-7-12-8-9(2)10/h3-8H2,1-2H3. The van der Waals surface area contributed by atoms with Crippen LogP contribution in [-0.4, -0.2) is 32.2 Å². The second kappa shape index (κ2) is 8.68. The quantitative estimate of drug-likeness (QED) is 0.522. The van der Waals surface area contributed by atoms with E-state index in [1.165, 1.54) is 6.92 Å². The summed E-state index contributed by atoms with van der Waals surface area (Å²) in [6.45, 7) is 5.98. The Balaban J connectivity index is 2.86. The highest BCUT2D eigenvalue weighted by atomic mass is 16.5. The second-order valence-electron chi connectivity index (χ2n) is 2.72. The monoisotopic (exact) mass is 174 g/mol. The maximum absolute atomic E-state index is 10.4. The lowest BCUT2D eigenvalue weighted by atomic mass is 10.4. The van der Waals surface area contributed by atoms with Crippen LogP contribution in [0.15, 0.2) is 0 Å². The molecule has 0 saturated carbocycles. The average Bonchev–Trinajstić information content (AvgIpc) is 2.02. The average molecular weight is 174 g/mol. The van der Waals surface area contributed by atoms with Crippen molar-refractivity contribution in [3.8, 4) is 0 Å². The molecule has 0 unspecified atom stereocenters. The van der Waals surface area contributed by atoms with Gasteiger partial charge in [0, 0.05) is 19.8 Å². The van der Waals surface area contributed by atoms with Crippen LogP contribution in [0.1, 0.15) is 26.7 Å². The van der Waals surface area contributed by atoms with Crippen LogP contribution in [0.3, 0.4) is 0 Å². The highest BCUT2D eigenvalue weighted by molar-refractivity contribution is 5.76. The predicted octanol–water partition coefficient (Wildman–Crippen LogP) is 1.41. The van der Waals surface area contributed by atoms with Gasteiger partial charge in [-0.1, -0.05) is 6.92 Å². The highest BCUT2D eigenvalue weighted by Gasteiger charge is 1.92. The van der Waals surface area contributed by atoms with Crippen molar-refractivity contribution in [2.24, 2.45) is 0 Å². The van der Waals surface area contributed by atoms with Crippen molar-refractivity contribution >= 4 is 5.78 Å². The minimum atomic E-state index is 0.0736. The number of ketones is 1. The van der Waals surface area contributed by atoms with Gasteiger partial charge in [-0.05, 0) is 19.8 Å². The molecule has 72 valence electrons. The second-order valence-corrected chi connectivity index (χ2v) is 2.72. The molecule has 0 aromatic carbocycles. The van der Waals surface area contributed by atoms with Crippen molar-refractivity contribution < 1.29 is 14.3 Å². The van der Waals surface area contributed by atoms with Gasteiger partial charge in [0.2, 0.25) is 0 Å². The first-order valence-electron chi connectivity index (χ1n) is 4.42. The van der Waals surface area contributed by atoms with E-state index in [0.29, 0.717) is 6.61 Å². The van der Waals surface area contributed by atoms with E-state index in [1.807, 2.05) is 0 Å². The molecule has 0 aliphatic rings.